The summed E-state index contributed by atoms with van der Waals surface area (Å²) in [5.74, 6) is 2.25. The molecule has 3 heteroatoms. The van der Waals surface area contributed by atoms with Gasteiger partial charge in [0.05, 0.1) is 0 Å². The molecule has 0 heterocycles. The van der Waals surface area contributed by atoms with Crippen LogP contribution in [0.5, 0.6) is 0 Å². The molecule has 3 atom stereocenters. The molecule has 0 aliphatic heterocycles. The van der Waals surface area contributed by atoms with Crippen molar-refractivity contribution in [2.75, 3.05) is 6.54 Å². The average Bonchev–Trinajstić information content (AvgIpc) is 2.36. The maximum absolute atomic E-state index is 12.3. The van der Waals surface area contributed by atoms with Gasteiger partial charge in [-0.2, -0.15) is 0 Å². The van der Waals surface area contributed by atoms with Crippen molar-refractivity contribution in [1.82, 2.24) is 5.32 Å². The van der Waals surface area contributed by atoms with E-state index in [1.54, 1.807) is 0 Å². The Bertz CT molecular complexity index is 325. The molecule has 1 rings (SSSR count). The van der Waals surface area contributed by atoms with Crippen LogP contribution in [0.15, 0.2) is 0 Å². The Hall–Kier alpha value is -0.570. The normalized spacial score (nSPS) is 26.9. The zero-order valence-electron chi connectivity index (χ0n) is 14.7. The van der Waals surface area contributed by atoms with Gasteiger partial charge in [-0.25, -0.2) is 0 Å². The summed E-state index contributed by atoms with van der Waals surface area (Å²) in [6.45, 7) is 12.0. The van der Waals surface area contributed by atoms with E-state index in [-0.39, 0.29) is 11.3 Å². The number of nitrogens with one attached hydrogen (secondary N) is 1. The van der Waals surface area contributed by atoms with Crippen LogP contribution in [0, 0.1) is 23.2 Å². The van der Waals surface area contributed by atoms with E-state index in [1.165, 1.54) is 12.8 Å². The molecule has 0 saturated heterocycles. The van der Waals surface area contributed by atoms with Crippen LogP contribution in [0.1, 0.15) is 73.1 Å². The molecular weight excluding hydrogens is 260 g/mol. The van der Waals surface area contributed by atoms with Crippen LogP contribution in [0.25, 0.3) is 0 Å². The lowest BCUT2D eigenvalue weighted by atomic mass is 9.74. The van der Waals surface area contributed by atoms with Crippen molar-refractivity contribution >= 4 is 5.91 Å². The lowest BCUT2D eigenvalue weighted by molar-refractivity contribution is -0.123. The molecule has 1 amide bonds. The fraction of sp³-hybridized carbons (Fsp3) is 0.944. The molecule has 1 aliphatic carbocycles. The van der Waals surface area contributed by atoms with Crippen LogP contribution in [0.3, 0.4) is 0 Å². The molecule has 3 nitrogen and oxygen atoms in total. The molecule has 0 spiro atoms. The Morgan fingerprint density at radius 3 is 2.52 bits per heavy atom. The monoisotopic (exact) mass is 296 g/mol. The predicted molar refractivity (Wildman–Crippen MR) is 90.0 cm³/mol. The van der Waals surface area contributed by atoms with Gasteiger partial charge in [0.1, 0.15) is 0 Å². The van der Waals surface area contributed by atoms with Crippen LogP contribution in [-0.2, 0) is 4.79 Å². The van der Waals surface area contributed by atoms with Crippen molar-refractivity contribution in [3.63, 3.8) is 0 Å². The van der Waals surface area contributed by atoms with Gasteiger partial charge in [0.25, 0.3) is 0 Å². The second-order valence-electron chi connectivity index (χ2n) is 8.20. The number of amides is 1. The average molecular weight is 296 g/mol. The van der Waals surface area contributed by atoms with Crippen molar-refractivity contribution in [1.29, 1.82) is 0 Å². The van der Waals surface area contributed by atoms with Crippen LogP contribution >= 0.6 is 0 Å². The number of carbonyl (C=O) groups excluding carboxylic acids is 1. The summed E-state index contributed by atoms with van der Waals surface area (Å²) in [7, 11) is 0. The van der Waals surface area contributed by atoms with Crippen LogP contribution < -0.4 is 11.1 Å². The minimum atomic E-state index is 0.170. The fourth-order valence-electron chi connectivity index (χ4n) is 3.61. The second kappa shape index (κ2) is 8.17. The molecule has 0 aromatic rings. The van der Waals surface area contributed by atoms with E-state index in [0.717, 1.165) is 25.2 Å². The van der Waals surface area contributed by atoms with E-state index in [0.29, 0.717) is 30.8 Å². The Balaban J connectivity index is 2.47. The molecule has 0 aromatic heterocycles. The summed E-state index contributed by atoms with van der Waals surface area (Å²) >= 11 is 0. The summed E-state index contributed by atoms with van der Waals surface area (Å²) in [5, 5.41) is 3.33. The second-order valence-corrected chi connectivity index (χ2v) is 8.20. The van der Waals surface area contributed by atoms with Gasteiger partial charge in [-0.1, -0.05) is 41.0 Å². The summed E-state index contributed by atoms with van der Waals surface area (Å²) < 4.78 is 0. The molecule has 124 valence electrons. The first-order chi connectivity index (χ1) is 9.75. The Labute approximate surface area is 131 Å². The molecule has 21 heavy (non-hydrogen) atoms. The van der Waals surface area contributed by atoms with Crippen molar-refractivity contribution in [2.45, 2.75) is 79.2 Å². The Kier molecular flexibility index (Phi) is 7.19. The van der Waals surface area contributed by atoms with Gasteiger partial charge >= 0.3 is 0 Å². The minimum absolute atomic E-state index is 0.170. The number of hydrogen-bond acceptors (Lipinski definition) is 2. The lowest BCUT2D eigenvalue weighted by Gasteiger charge is -2.38. The van der Waals surface area contributed by atoms with Gasteiger partial charge in [-0.15, -0.1) is 0 Å². The molecular formula is C18H36N2O. The van der Waals surface area contributed by atoms with Crippen LogP contribution in [0.2, 0.25) is 0 Å². The van der Waals surface area contributed by atoms with E-state index in [4.69, 9.17) is 5.73 Å². The fourth-order valence-corrected chi connectivity index (χ4v) is 3.61. The van der Waals surface area contributed by atoms with E-state index >= 15 is 0 Å². The zero-order valence-corrected chi connectivity index (χ0v) is 14.7. The maximum atomic E-state index is 12.3. The highest BCUT2D eigenvalue weighted by Gasteiger charge is 2.31. The number of carbonyl (C=O) groups is 1. The first-order valence-electron chi connectivity index (χ1n) is 8.74. The zero-order chi connectivity index (χ0) is 16.0. The summed E-state index contributed by atoms with van der Waals surface area (Å²) in [6, 6.07) is 0.374. The topological polar surface area (TPSA) is 55.1 Å². The third-order valence-electron chi connectivity index (χ3n) is 5.22. The van der Waals surface area contributed by atoms with Gasteiger partial charge in [-0.3, -0.25) is 4.79 Å². The Morgan fingerprint density at radius 2 is 1.95 bits per heavy atom. The largest absolute Gasteiger partial charge is 0.353 e. The van der Waals surface area contributed by atoms with Crippen molar-refractivity contribution in [2.24, 2.45) is 28.9 Å². The van der Waals surface area contributed by atoms with Gasteiger partial charge in [0.2, 0.25) is 5.91 Å². The minimum Gasteiger partial charge on any atom is -0.353 e. The lowest BCUT2D eigenvalue weighted by Crippen LogP contribution is -2.45. The molecule has 0 bridgehead atoms. The van der Waals surface area contributed by atoms with Crippen LogP contribution in [-0.4, -0.2) is 18.5 Å². The van der Waals surface area contributed by atoms with Gasteiger partial charge in [-0.05, 0) is 55.4 Å². The summed E-state index contributed by atoms with van der Waals surface area (Å²) in [6.07, 6.45) is 6.23. The van der Waals surface area contributed by atoms with E-state index < -0.39 is 0 Å². The van der Waals surface area contributed by atoms with E-state index in [1.807, 2.05) is 0 Å². The highest BCUT2D eigenvalue weighted by molar-refractivity contribution is 5.76. The van der Waals surface area contributed by atoms with Crippen molar-refractivity contribution in [3.8, 4) is 0 Å². The number of hydrogen-bond donors (Lipinski definition) is 2. The SMILES string of the molecule is CC1CCC(C(C)C)C(NC(=O)CCC(C)(C)CCN)C1. The molecule has 1 saturated carbocycles. The van der Waals surface area contributed by atoms with E-state index in [9.17, 15) is 4.79 Å². The summed E-state index contributed by atoms with van der Waals surface area (Å²) in [4.78, 5) is 12.3. The predicted octanol–water partition coefficient (Wildman–Crippen LogP) is 3.72. The molecule has 3 N–H and O–H groups in total. The van der Waals surface area contributed by atoms with E-state index in [2.05, 4.69) is 39.9 Å². The molecule has 3 unspecified atom stereocenters. The maximum Gasteiger partial charge on any atom is 0.220 e. The van der Waals surface area contributed by atoms with Gasteiger partial charge in [0.15, 0.2) is 0 Å². The molecule has 1 aliphatic rings. The van der Waals surface area contributed by atoms with Gasteiger partial charge in [0, 0.05) is 12.5 Å². The first-order valence-corrected chi connectivity index (χ1v) is 8.74. The summed E-state index contributed by atoms with van der Waals surface area (Å²) in [5.41, 5.74) is 5.81. The highest BCUT2D eigenvalue weighted by Crippen LogP contribution is 2.33. The first kappa shape index (κ1) is 18.5. The smallest absolute Gasteiger partial charge is 0.220 e. The standard InChI is InChI=1S/C18H36N2O/c1-13(2)15-7-6-14(3)12-16(15)20-17(21)8-9-18(4,5)10-11-19/h13-16H,6-12,19H2,1-5H3,(H,20,21). The van der Waals surface area contributed by atoms with Gasteiger partial charge < -0.3 is 11.1 Å². The highest BCUT2D eigenvalue weighted by atomic mass is 16.1. The molecule has 1 fully saturated rings. The molecule has 0 radical (unpaired) electrons. The van der Waals surface area contributed by atoms with Crippen molar-refractivity contribution in [3.05, 3.63) is 0 Å². The quantitative estimate of drug-likeness (QED) is 0.752. The number of nitrogens with two attached hydrogens (primary N) is 1. The third kappa shape index (κ3) is 6.37. The Morgan fingerprint density at radius 1 is 1.29 bits per heavy atom. The number of rotatable bonds is 7. The third-order valence-corrected chi connectivity index (χ3v) is 5.22. The molecule has 0 aromatic carbocycles. The van der Waals surface area contributed by atoms with Crippen LogP contribution in [0.4, 0.5) is 0 Å². The van der Waals surface area contributed by atoms with Crippen molar-refractivity contribution < 1.29 is 4.79 Å².